The number of aromatic hydroxyl groups is 1. The number of rotatable bonds is 7. The van der Waals surface area contributed by atoms with E-state index in [1.165, 1.54) is 14.2 Å². The molecular formula is C18H26INO5. The summed E-state index contributed by atoms with van der Waals surface area (Å²) in [5.41, 5.74) is 0.676. The van der Waals surface area contributed by atoms with Crippen molar-refractivity contribution in [2.75, 3.05) is 27.8 Å². The number of phenols is 1. The summed E-state index contributed by atoms with van der Waals surface area (Å²) in [5.74, 6) is -1.82. The topological polar surface area (TPSA) is 76.1 Å². The highest BCUT2D eigenvalue weighted by Crippen LogP contribution is 2.37. The molecule has 0 saturated heterocycles. The van der Waals surface area contributed by atoms with Crippen LogP contribution >= 0.6 is 22.6 Å². The van der Waals surface area contributed by atoms with E-state index in [-0.39, 0.29) is 20.6 Å². The van der Waals surface area contributed by atoms with Crippen LogP contribution in [0, 0.1) is 0 Å². The summed E-state index contributed by atoms with van der Waals surface area (Å²) in [6, 6.07) is 3.14. The number of alkyl halides is 1. The van der Waals surface area contributed by atoms with E-state index in [0.717, 1.165) is 18.5 Å². The third-order valence-corrected chi connectivity index (χ3v) is 4.48. The molecule has 1 aromatic rings. The second-order valence-electron chi connectivity index (χ2n) is 6.46. The molecule has 0 amide bonds. The Morgan fingerprint density at radius 2 is 1.64 bits per heavy atom. The van der Waals surface area contributed by atoms with Crippen molar-refractivity contribution in [1.82, 2.24) is 4.90 Å². The van der Waals surface area contributed by atoms with Crippen molar-refractivity contribution in [3.8, 4) is 5.75 Å². The predicted molar refractivity (Wildman–Crippen MR) is 105 cm³/mol. The fourth-order valence-corrected chi connectivity index (χ4v) is 3.01. The lowest BCUT2D eigenvalue weighted by molar-refractivity contribution is 0.0592. The first kappa shape index (κ1) is 21.7. The molecule has 0 aliphatic rings. The van der Waals surface area contributed by atoms with E-state index >= 15 is 0 Å². The average Bonchev–Trinajstić information content (AvgIpc) is 2.57. The van der Waals surface area contributed by atoms with Crippen molar-refractivity contribution in [2.24, 2.45) is 0 Å². The Balaban J connectivity index is 3.58. The Bertz CT molecular complexity index is 602. The lowest BCUT2D eigenvalue weighted by atomic mass is 9.92. The van der Waals surface area contributed by atoms with Crippen LogP contribution in [0.4, 0.5) is 0 Å². The van der Waals surface area contributed by atoms with Crippen molar-refractivity contribution in [3.05, 3.63) is 28.8 Å². The van der Waals surface area contributed by atoms with Gasteiger partial charge in [0.05, 0.1) is 14.2 Å². The number of carbonyl (C=O) groups excluding carboxylic acids is 2. The molecule has 1 atom stereocenters. The van der Waals surface area contributed by atoms with E-state index < -0.39 is 17.7 Å². The van der Waals surface area contributed by atoms with Gasteiger partial charge >= 0.3 is 11.9 Å². The van der Waals surface area contributed by atoms with E-state index in [9.17, 15) is 14.7 Å². The third kappa shape index (κ3) is 5.57. The molecule has 6 nitrogen and oxygen atoms in total. The third-order valence-electron chi connectivity index (χ3n) is 4.04. The monoisotopic (exact) mass is 463 g/mol. The molecule has 0 fully saturated rings. The summed E-state index contributed by atoms with van der Waals surface area (Å²) in [6.45, 7) is 7.06. The molecule has 1 unspecified atom stereocenters. The van der Waals surface area contributed by atoms with Gasteiger partial charge in [-0.15, -0.1) is 0 Å². The molecule has 0 spiro atoms. The number of hydrogen-bond acceptors (Lipinski definition) is 6. The standard InChI is InChI=1S/C18H26INO5/c1-7-20(4)14(10-18(2,3)19)11-8-12(16(22)24-5)15(21)13(9-11)17(23)25-6/h8-9,14,21H,7,10H2,1-6H3. The van der Waals surface area contributed by atoms with Crippen LogP contribution in [0.3, 0.4) is 0 Å². The van der Waals surface area contributed by atoms with Crippen molar-refractivity contribution in [2.45, 2.75) is 36.7 Å². The molecule has 25 heavy (non-hydrogen) atoms. The van der Waals surface area contributed by atoms with E-state index in [1.54, 1.807) is 12.1 Å². The maximum absolute atomic E-state index is 12.0. The summed E-state index contributed by atoms with van der Waals surface area (Å²) < 4.78 is 9.48. The summed E-state index contributed by atoms with van der Waals surface area (Å²) in [6.07, 6.45) is 0.796. The van der Waals surface area contributed by atoms with Crippen LogP contribution in [-0.4, -0.2) is 53.2 Å². The molecule has 140 valence electrons. The molecular weight excluding hydrogens is 437 g/mol. The zero-order valence-corrected chi connectivity index (χ0v) is 17.7. The molecule has 0 radical (unpaired) electrons. The molecule has 0 bridgehead atoms. The number of hydrogen-bond donors (Lipinski definition) is 1. The summed E-state index contributed by atoms with van der Waals surface area (Å²) in [4.78, 5) is 26.2. The number of phenolic OH excluding ortho intramolecular Hbond substituents is 1. The highest BCUT2D eigenvalue weighted by atomic mass is 127. The molecule has 0 heterocycles. The summed E-state index contributed by atoms with van der Waals surface area (Å²) in [7, 11) is 4.45. The van der Waals surface area contributed by atoms with E-state index in [1.807, 2.05) is 14.0 Å². The van der Waals surface area contributed by atoms with Gasteiger partial charge in [-0.3, -0.25) is 4.90 Å². The number of methoxy groups -OCH3 is 2. The van der Waals surface area contributed by atoms with Crippen molar-refractivity contribution >= 4 is 34.5 Å². The summed E-state index contributed by atoms with van der Waals surface area (Å²) >= 11 is 2.37. The first-order valence-electron chi connectivity index (χ1n) is 7.98. The highest BCUT2D eigenvalue weighted by molar-refractivity contribution is 14.1. The highest BCUT2D eigenvalue weighted by Gasteiger charge is 2.29. The molecule has 1 aromatic carbocycles. The van der Waals surface area contributed by atoms with Gasteiger partial charge in [0, 0.05) is 9.46 Å². The molecule has 0 aliphatic heterocycles. The quantitative estimate of drug-likeness (QED) is 0.379. The van der Waals surface area contributed by atoms with Gasteiger partial charge in [-0.2, -0.15) is 0 Å². The Kier molecular flexibility index (Phi) is 7.67. The largest absolute Gasteiger partial charge is 0.506 e. The van der Waals surface area contributed by atoms with Crippen molar-refractivity contribution < 1.29 is 24.2 Å². The summed E-state index contributed by atoms with van der Waals surface area (Å²) in [5, 5.41) is 10.3. The Morgan fingerprint density at radius 1 is 1.20 bits per heavy atom. The minimum absolute atomic E-state index is 0.000595. The van der Waals surface area contributed by atoms with Gasteiger partial charge in [-0.1, -0.05) is 43.4 Å². The number of nitrogens with zero attached hydrogens (tertiary/aromatic N) is 1. The van der Waals surface area contributed by atoms with Crippen LogP contribution in [-0.2, 0) is 9.47 Å². The number of esters is 2. The molecule has 0 aliphatic carbocycles. The zero-order valence-electron chi connectivity index (χ0n) is 15.6. The predicted octanol–water partition coefficient (Wildman–Crippen LogP) is 3.56. The van der Waals surface area contributed by atoms with Crippen molar-refractivity contribution in [3.63, 3.8) is 0 Å². The smallest absolute Gasteiger partial charge is 0.341 e. The van der Waals surface area contributed by atoms with Gasteiger partial charge in [0.25, 0.3) is 0 Å². The fourth-order valence-electron chi connectivity index (χ4n) is 2.59. The number of halogens is 1. The molecule has 1 rings (SSSR count). The lowest BCUT2D eigenvalue weighted by Crippen LogP contribution is -2.29. The Labute approximate surface area is 162 Å². The number of ether oxygens (including phenoxy) is 2. The first-order chi connectivity index (χ1) is 11.6. The minimum atomic E-state index is -0.698. The lowest BCUT2D eigenvalue weighted by Gasteiger charge is -2.32. The van der Waals surface area contributed by atoms with Crippen LogP contribution in [0.1, 0.15) is 59.5 Å². The molecule has 7 heteroatoms. The maximum atomic E-state index is 12.0. The van der Waals surface area contributed by atoms with Crippen LogP contribution in [0.15, 0.2) is 12.1 Å². The minimum Gasteiger partial charge on any atom is -0.506 e. The second kappa shape index (κ2) is 8.84. The SMILES string of the molecule is CCN(C)C(CC(C)(C)I)c1cc(C(=O)OC)c(O)c(C(=O)OC)c1. The van der Waals surface area contributed by atoms with E-state index in [4.69, 9.17) is 9.47 Å². The van der Waals surface area contributed by atoms with Gasteiger partial charge in [0.2, 0.25) is 0 Å². The molecule has 1 N–H and O–H groups in total. The van der Waals surface area contributed by atoms with Crippen LogP contribution in [0.5, 0.6) is 5.75 Å². The van der Waals surface area contributed by atoms with Crippen LogP contribution in [0.25, 0.3) is 0 Å². The zero-order chi connectivity index (χ0) is 19.4. The number of carbonyl (C=O) groups is 2. The average molecular weight is 463 g/mol. The molecule has 0 aromatic heterocycles. The van der Waals surface area contributed by atoms with E-state index in [0.29, 0.717) is 0 Å². The van der Waals surface area contributed by atoms with E-state index in [2.05, 4.69) is 41.3 Å². The number of benzene rings is 1. The van der Waals surface area contributed by atoms with Crippen LogP contribution < -0.4 is 0 Å². The normalized spacial score (nSPS) is 12.8. The first-order valence-corrected chi connectivity index (χ1v) is 9.06. The van der Waals surface area contributed by atoms with Crippen LogP contribution in [0.2, 0.25) is 0 Å². The van der Waals surface area contributed by atoms with Crippen molar-refractivity contribution in [1.29, 1.82) is 0 Å². The second-order valence-corrected chi connectivity index (χ2v) is 9.38. The Hall–Kier alpha value is -1.35. The van der Waals surface area contributed by atoms with Gasteiger partial charge < -0.3 is 14.6 Å². The maximum Gasteiger partial charge on any atom is 0.341 e. The van der Waals surface area contributed by atoms with Gasteiger partial charge in [-0.05, 0) is 37.7 Å². The van der Waals surface area contributed by atoms with Gasteiger partial charge in [0.1, 0.15) is 16.9 Å². The molecule has 0 saturated carbocycles. The van der Waals surface area contributed by atoms with Gasteiger partial charge in [0.15, 0.2) is 0 Å². The fraction of sp³-hybridized carbons (Fsp3) is 0.556. The Morgan fingerprint density at radius 3 is 1.96 bits per heavy atom. The van der Waals surface area contributed by atoms with Gasteiger partial charge in [-0.25, -0.2) is 9.59 Å².